The van der Waals surface area contributed by atoms with Crippen LogP contribution in [0.4, 0.5) is 4.39 Å². The van der Waals surface area contributed by atoms with Crippen molar-refractivity contribution in [1.82, 2.24) is 0 Å². The molecule has 0 aliphatic carbocycles. The third kappa shape index (κ3) is 5.26. The lowest BCUT2D eigenvalue weighted by atomic mass is 10.00. The predicted molar refractivity (Wildman–Crippen MR) is 116 cm³/mol. The Labute approximate surface area is 180 Å². The normalized spacial score (nSPS) is 10.0. The van der Waals surface area contributed by atoms with Crippen LogP contribution in [0.3, 0.4) is 0 Å². The second-order valence-electron chi connectivity index (χ2n) is 6.92. The molecule has 0 aliphatic rings. The molecule has 0 fully saturated rings. The number of carbonyl (C=O) groups excluding carboxylic acids is 2. The van der Waals surface area contributed by atoms with Gasteiger partial charge in [0, 0.05) is 22.3 Å². The van der Waals surface area contributed by atoms with Crippen LogP contribution in [0.5, 0.6) is 11.5 Å². The first-order valence-corrected chi connectivity index (χ1v) is 9.34. The van der Waals surface area contributed by atoms with Crippen LogP contribution in [0, 0.1) is 17.9 Å². The van der Waals surface area contributed by atoms with E-state index >= 15 is 0 Å². The first kappa shape index (κ1) is 21.5. The number of halogens is 1. The van der Waals surface area contributed by atoms with E-state index in [-0.39, 0.29) is 11.3 Å². The number of carbonyl (C=O) groups is 2. The molecule has 0 aliphatic heterocycles. The van der Waals surface area contributed by atoms with E-state index in [2.05, 4.69) is 25.3 Å². The summed E-state index contributed by atoms with van der Waals surface area (Å²) in [5, 5.41) is 0. The fourth-order valence-electron chi connectivity index (χ4n) is 2.60. The van der Waals surface area contributed by atoms with Gasteiger partial charge in [0.25, 0.3) is 0 Å². The maximum Gasteiger partial charge on any atom is 0.339 e. The molecule has 154 valence electrons. The third-order valence-electron chi connectivity index (χ3n) is 4.28. The SMILES string of the molecule is C=C(C)C(=O)Oc1c#cc(-c2ccc(-c3ccc(OC(=O)C(=C)C)cc3)c(F)c2)cc1. The molecule has 0 saturated heterocycles. The van der Waals surface area contributed by atoms with Gasteiger partial charge in [0.15, 0.2) is 5.75 Å². The largest absolute Gasteiger partial charge is 0.423 e. The van der Waals surface area contributed by atoms with Crippen molar-refractivity contribution in [2.45, 2.75) is 13.8 Å². The van der Waals surface area contributed by atoms with Crippen LogP contribution in [-0.2, 0) is 9.59 Å². The van der Waals surface area contributed by atoms with Gasteiger partial charge in [-0.2, -0.15) is 0 Å². The average molecular weight is 414 g/mol. The van der Waals surface area contributed by atoms with Gasteiger partial charge in [-0.25, -0.2) is 14.0 Å². The lowest BCUT2D eigenvalue weighted by molar-refractivity contribution is -0.130. The predicted octanol–water partition coefficient (Wildman–Crippen LogP) is 5.72. The maximum atomic E-state index is 14.8. The fraction of sp³-hybridized carbons (Fsp3) is 0.0769. The molecule has 0 radical (unpaired) electrons. The second kappa shape index (κ2) is 9.10. The van der Waals surface area contributed by atoms with Crippen LogP contribution in [0.1, 0.15) is 13.8 Å². The minimum Gasteiger partial charge on any atom is -0.423 e. The molecule has 0 unspecified atom stereocenters. The van der Waals surface area contributed by atoms with Crippen LogP contribution < -0.4 is 9.47 Å². The first-order valence-electron chi connectivity index (χ1n) is 9.34. The van der Waals surface area contributed by atoms with E-state index in [1.165, 1.54) is 6.07 Å². The quantitative estimate of drug-likeness (QED) is 0.294. The zero-order chi connectivity index (χ0) is 22.5. The summed E-state index contributed by atoms with van der Waals surface area (Å²) in [5.41, 5.74) is 2.80. The molecule has 5 heteroatoms. The molecule has 3 rings (SSSR count). The van der Waals surface area contributed by atoms with Gasteiger partial charge in [-0.3, -0.25) is 0 Å². The van der Waals surface area contributed by atoms with Gasteiger partial charge < -0.3 is 9.47 Å². The van der Waals surface area contributed by atoms with Crippen molar-refractivity contribution in [2.24, 2.45) is 0 Å². The Morgan fingerprint density at radius 2 is 1.42 bits per heavy atom. The van der Waals surface area contributed by atoms with Crippen LogP contribution in [0.15, 0.2) is 78.9 Å². The van der Waals surface area contributed by atoms with Gasteiger partial charge in [-0.1, -0.05) is 43.5 Å². The lowest BCUT2D eigenvalue weighted by Gasteiger charge is -2.08. The van der Waals surface area contributed by atoms with E-state index in [0.717, 1.165) is 0 Å². The molecule has 0 heterocycles. The first-order chi connectivity index (χ1) is 14.7. The van der Waals surface area contributed by atoms with Crippen molar-refractivity contribution in [3.05, 3.63) is 96.9 Å². The summed E-state index contributed by atoms with van der Waals surface area (Å²) >= 11 is 0. The lowest BCUT2D eigenvalue weighted by Crippen LogP contribution is -2.07. The number of rotatable bonds is 6. The molecule has 3 aromatic carbocycles. The van der Waals surface area contributed by atoms with Crippen molar-refractivity contribution < 1.29 is 23.5 Å². The summed E-state index contributed by atoms with van der Waals surface area (Å²) < 4.78 is 25.0. The molecule has 0 amide bonds. The van der Waals surface area contributed by atoms with E-state index < -0.39 is 17.8 Å². The van der Waals surface area contributed by atoms with Gasteiger partial charge in [0.2, 0.25) is 0 Å². The van der Waals surface area contributed by atoms with Crippen LogP contribution >= 0.6 is 0 Å². The van der Waals surface area contributed by atoms with Crippen molar-refractivity contribution in [2.75, 3.05) is 0 Å². The van der Waals surface area contributed by atoms with E-state index in [1.807, 2.05) is 0 Å². The minimum absolute atomic E-state index is 0.210. The number of hydrogen-bond acceptors (Lipinski definition) is 4. The Morgan fingerprint density at radius 1 is 0.806 bits per heavy atom. The topological polar surface area (TPSA) is 52.6 Å². The molecule has 3 aromatic rings. The highest BCUT2D eigenvalue weighted by molar-refractivity contribution is 5.89. The van der Waals surface area contributed by atoms with Crippen molar-refractivity contribution in [3.63, 3.8) is 0 Å². The monoisotopic (exact) mass is 414 g/mol. The van der Waals surface area contributed by atoms with E-state index in [4.69, 9.17) is 9.47 Å². The highest BCUT2D eigenvalue weighted by Crippen LogP contribution is 2.29. The summed E-state index contributed by atoms with van der Waals surface area (Å²) in [6, 6.07) is 20.2. The Bertz CT molecular complexity index is 1160. The maximum absolute atomic E-state index is 14.8. The van der Waals surface area contributed by atoms with E-state index in [1.54, 1.807) is 62.4 Å². The zero-order valence-corrected chi connectivity index (χ0v) is 17.1. The molecular formula is C26H19FO4. The van der Waals surface area contributed by atoms with Crippen molar-refractivity contribution in [1.29, 1.82) is 0 Å². The second-order valence-corrected chi connectivity index (χ2v) is 6.92. The van der Waals surface area contributed by atoms with Gasteiger partial charge in [0.05, 0.1) is 0 Å². The molecular weight excluding hydrogens is 395 g/mol. The number of benzene rings is 2. The Balaban J connectivity index is 1.77. The van der Waals surface area contributed by atoms with Gasteiger partial charge in [0.1, 0.15) is 11.6 Å². The molecule has 31 heavy (non-hydrogen) atoms. The molecule has 0 spiro atoms. The van der Waals surface area contributed by atoms with Crippen LogP contribution in [-0.4, -0.2) is 11.9 Å². The third-order valence-corrected chi connectivity index (χ3v) is 4.28. The van der Waals surface area contributed by atoms with Crippen LogP contribution in [0.25, 0.3) is 22.3 Å². The highest BCUT2D eigenvalue weighted by Gasteiger charge is 2.10. The molecule has 0 N–H and O–H groups in total. The van der Waals surface area contributed by atoms with Crippen molar-refractivity contribution >= 4 is 11.9 Å². The minimum atomic E-state index is -0.548. The number of ether oxygens (including phenoxy) is 2. The summed E-state index contributed by atoms with van der Waals surface area (Å²) in [5.74, 6) is -0.923. The average Bonchev–Trinajstić information content (AvgIpc) is 2.74. The Morgan fingerprint density at radius 3 is 1.97 bits per heavy atom. The van der Waals surface area contributed by atoms with E-state index in [0.29, 0.717) is 33.6 Å². The zero-order valence-electron chi connectivity index (χ0n) is 17.1. The molecule has 0 saturated carbocycles. The van der Waals surface area contributed by atoms with Gasteiger partial charge >= 0.3 is 11.9 Å². The summed E-state index contributed by atoms with van der Waals surface area (Å²) in [4.78, 5) is 23.1. The smallest absolute Gasteiger partial charge is 0.339 e. The van der Waals surface area contributed by atoms with E-state index in [9.17, 15) is 14.0 Å². The molecule has 0 bridgehead atoms. The summed E-state index contributed by atoms with van der Waals surface area (Å²) in [6.07, 6.45) is 0. The molecule has 0 atom stereocenters. The fourth-order valence-corrected chi connectivity index (χ4v) is 2.60. The standard InChI is InChI=1S/C26H19FO4/c1-16(2)25(28)30-21-10-5-18(6-11-21)20-9-14-23(24(27)15-20)19-7-12-22(13-8-19)31-26(29)17(3)4/h5,7-10,12-15H,1,3H2,2,4H3. The summed E-state index contributed by atoms with van der Waals surface area (Å²) in [7, 11) is 0. The number of hydrogen-bond donors (Lipinski definition) is 0. The highest BCUT2D eigenvalue weighted by atomic mass is 19.1. The summed E-state index contributed by atoms with van der Waals surface area (Å²) in [6.45, 7) is 10.2. The Hall–Kier alpha value is -4.17. The van der Waals surface area contributed by atoms with Crippen molar-refractivity contribution in [3.8, 4) is 33.8 Å². The molecule has 0 aromatic heterocycles. The Kier molecular flexibility index (Phi) is 6.32. The van der Waals surface area contributed by atoms with Gasteiger partial charge in [-0.15, -0.1) is 0 Å². The van der Waals surface area contributed by atoms with Crippen LogP contribution in [0.2, 0.25) is 0 Å². The van der Waals surface area contributed by atoms with Gasteiger partial charge in [-0.05, 0) is 61.4 Å². The molecule has 4 nitrogen and oxygen atoms in total. The number of esters is 2.